The summed E-state index contributed by atoms with van der Waals surface area (Å²) < 4.78 is 36.9. The fourth-order valence-corrected chi connectivity index (χ4v) is 3.99. The van der Waals surface area contributed by atoms with Gasteiger partial charge in [0.2, 0.25) is 0 Å². The highest BCUT2D eigenvalue weighted by atomic mass is 16.6. The molecule has 1 aliphatic heterocycles. The third kappa shape index (κ3) is 9.47. The summed E-state index contributed by atoms with van der Waals surface area (Å²) in [6.45, 7) is 6.37. The molecule has 0 spiro atoms. The van der Waals surface area contributed by atoms with Crippen LogP contribution in [0.5, 0.6) is 5.75 Å². The maximum Gasteiger partial charge on any atom is 0.450 e. The maximum atomic E-state index is 13.5. The fourth-order valence-electron chi connectivity index (χ4n) is 3.99. The van der Waals surface area contributed by atoms with Crippen molar-refractivity contribution >= 4 is 48.0 Å². The Kier molecular flexibility index (Phi) is 13.2. The number of methoxy groups -OCH3 is 1. The predicted molar refractivity (Wildman–Crippen MR) is 149 cm³/mol. The zero-order valence-electron chi connectivity index (χ0n) is 25.4. The molecule has 2 amide bonds. The Labute approximate surface area is 253 Å². The first-order chi connectivity index (χ1) is 20.8. The van der Waals surface area contributed by atoms with Crippen LogP contribution in [0.1, 0.15) is 41.5 Å². The summed E-state index contributed by atoms with van der Waals surface area (Å²) in [6, 6.07) is 4.66. The standard InChI is InChI=1S/C27H36N4O13/c1-8-39-26(36)29-22(14-28-30(31(29)27(37)40-9-2)20-10-12-21(38-7)13-11-20)24(43-18(5)34)25(44-19(6)35)23(42-17(4)33)15-41-16(3)32/h10-14,22-25H,8-9,15H2,1-7H3/t22-,23+,24+,25+/m0/s1. The summed E-state index contributed by atoms with van der Waals surface area (Å²) >= 11 is 0. The Morgan fingerprint density at radius 2 is 1.34 bits per heavy atom. The van der Waals surface area contributed by atoms with E-state index in [2.05, 4.69) is 5.10 Å². The topological polar surface area (TPSA) is 189 Å². The summed E-state index contributed by atoms with van der Waals surface area (Å²) in [6.07, 6.45) is -6.07. The zero-order chi connectivity index (χ0) is 33.0. The van der Waals surface area contributed by atoms with Gasteiger partial charge in [0.05, 0.1) is 32.2 Å². The van der Waals surface area contributed by atoms with Crippen LogP contribution >= 0.6 is 0 Å². The van der Waals surface area contributed by atoms with Gasteiger partial charge in [0.1, 0.15) is 18.4 Å². The van der Waals surface area contributed by atoms with Gasteiger partial charge in [-0.25, -0.2) is 9.59 Å². The molecule has 242 valence electrons. The van der Waals surface area contributed by atoms with Crippen molar-refractivity contribution in [3.8, 4) is 5.75 Å². The fraction of sp³-hybridized carbons (Fsp3) is 0.519. The van der Waals surface area contributed by atoms with E-state index in [0.29, 0.717) is 10.9 Å². The highest BCUT2D eigenvalue weighted by Crippen LogP contribution is 2.30. The van der Waals surface area contributed by atoms with Crippen LogP contribution in [0.2, 0.25) is 0 Å². The molecule has 0 fully saturated rings. The summed E-state index contributed by atoms with van der Waals surface area (Å²) in [4.78, 5) is 75.3. The van der Waals surface area contributed by atoms with Crippen LogP contribution < -0.4 is 9.85 Å². The number of esters is 4. The molecule has 1 aromatic rings. The summed E-state index contributed by atoms with van der Waals surface area (Å²) in [5.41, 5.74) is 0.260. The van der Waals surface area contributed by atoms with E-state index in [4.69, 9.17) is 33.2 Å². The summed E-state index contributed by atoms with van der Waals surface area (Å²) in [5, 5.41) is 6.76. The number of hydrogen-bond acceptors (Lipinski definition) is 15. The highest BCUT2D eigenvalue weighted by molar-refractivity contribution is 5.83. The highest BCUT2D eigenvalue weighted by Gasteiger charge is 2.51. The lowest BCUT2D eigenvalue weighted by Crippen LogP contribution is -2.69. The lowest BCUT2D eigenvalue weighted by atomic mass is 10.00. The number of rotatable bonds is 12. The number of amides is 2. The molecule has 17 heteroatoms. The van der Waals surface area contributed by atoms with E-state index in [1.54, 1.807) is 12.1 Å². The molecule has 44 heavy (non-hydrogen) atoms. The van der Waals surface area contributed by atoms with Gasteiger partial charge in [0.15, 0.2) is 18.3 Å². The zero-order valence-corrected chi connectivity index (χ0v) is 25.4. The van der Waals surface area contributed by atoms with Crippen molar-refractivity contribution in [3.63, 3.8) is 0 Å². The molecule has 4 atom stereocenters. The summed E-state index contributed by atoms with van der Waals surface area (Å²) in [7, 11) is 1.46. The molecule has 0 saturated carbocycles. The molecule has 1 heterocycles. The molecule has 2 rings (SSSR count). The van der Waals surface area contributed by atoms with E-state index in [1.165, 1.54) is 33.1 Å². The van der Waals surface area contributed by atoms with Crippen molar-refractivity contribution in [2.45, 2.75) is 65.9 Å². The van der Waals surface area contributed by atoms with Crippen LogP contribution in [-0.4, -0.2) is 104 Å². The molecule has 0 aromatic heterocycles. The number of carbonyl (C=O) groups is 6. The second kappa shape index (κ2) is 16.5. The quantitative estimate of drug-likeness (QED) is 0.242. The molecule has 0 aliphatic carbocycles. The van der Waals surface area contributed by atoms with Gasteiger partial charge in [-0.3, -0.25) is 19.2 Å². The van der Waals surface area contributed by atoms with Crippen molar-refractivity contribution in [1.29, 1.82) is 0 Å². The third-order valence-corrected chi connectivity index (χ3v) is 5.58. The molecule has 0 radical (unpaired) electrons. The number of hydrazone groups is 1. The van der Waals surface area contributed by atoms with E-state index in [9.17, 15) is 28.8 Å². The van der Waals surface area contributed by atoms with E-state index in [1.807, 2.05) is 0 Å². The predicted octanol–water partition coefficient (Wildman–Crippen LogP) is 1.97. The molecule has 0 saturated heterocycles. The number of hydrazine groups is 2. The van der Waals surface area contributed by atoms with Crippen molar-refractivity contribution in [2.24, 2.45) is 5.10 Å². The molecular weight excluding hydrogens is 588 g/mol. The Hall–Kier alpha value is -5.09. The second-order valence-corrected chi connectivity index (χ2v) is 8.87. The van der Waals surface area contributed by atoms with Crippen molar-refractivity contribution in [1.82, 2.24) is 10.1 Å². The van der Waals surface area contributed by atoms with Gasteiger partial charge in [-0.05, 0) is 38.1 Å². The van der Waals surface area contributed by atoms with Gasteiger partial charge >= 0.3 is 36.1 Å². The SMILES string of the molecule is CCOC(=O)N1[C@H]([C@@H](OC(C)=O)[C@H](OC(C)=O)[C@@H](COC(C)=O)OC(C)=O)C=NN(c2ccc(OC)cc2)N1C(=O)OCC. The van der Waals surface area contributed by atoms with Gasteiger partial charge in [-0.2, -0.15) is 10.1 Å². The van der Waals surface area contributed by atoms with Crippen LogP contribution in [0.15, 0.2) is 29.4 Å². The van der Waals surface area contributed by atoms with Crippen LogP contribution in [0.25, 0.3) is 0 Å². The maximum absolute atomic E-state index is 13.5. The first kappa shape index (κ1) is 35.1. The van der Waals surface area contributed by atoms with Crippen LogP contribution in [0.4, 0.5) is 15.3 Å². The third-order valence-electron chi connectivity index (χ3n) is 5.58. The van der Waals surface area contributed by atoms with E-state index in [-0.39, 0.29) is 18.9 Å². The van der Waals surface area contributed by atoms with E-state index >= 15 is 0 Å². The molecule has 1 aliphatic rings. The van der Waals surface area contributed by atoms with Crippen molar-refractivity contribution < 1.29 is 61.9 Å². The Bertz CT molecular complexity index is 1220. The van der Waals surface area contributed by atoms with Crippen LogP contribution in [0.3, 0.4) is 0 Å². The molecule has 1 aromatic carbocycles. The van der Waals surface area contributed by atoms with Gasteiger partial charge in [0, 0.05) is 27.7 Å². The number of carbonyl (C=O) groups excluding carboxylic acids is 6. The first-order valence-corrected chi connectivity index (χ1v) is 13.4. The molecule has 0 bridgehead atoms. The van der Waals surface area contributed by atoms with Crippen molar-refractivity contribution in [2.75, 3.05) is 32.0 Å². The van der Waals surface area contributed by atoms with Gasteiger partial charge in [-0.1, -0.05) is 5.12 Å². The number of ether oxygens (including phenoxy) is 7. The van der Waals surface area contributed by atoms with Gasteiger partial charge in [-0.15, -0.1) is 5.12 Å². The number of hydrogen-bond donors (Lipinski definition) is 0. The Morgan fingerprint density at radius 1 is 0.773 bits per heavy atom. The number of benzene rings is 1. The second-order valence-electron chi connectivity index (χ2n) is 8.87. The molecule has 0 N–H and O–H groups in total. The van der Waals surface area contributed by atoms with E-state index < -0.39 is 67.0 Å². The van der Waals surface area contributed by atoms with Crippen LogP contribution in [0, 0.1) is 0 Å². The average molecular weight is 625 g/mol. The molecule has 0 unspecified atom stereocenters. The first-order valence-electron chi connectivity index (χ1n) is 13.4. The van der Waals surface area contributed by atoms with Crippen molar-refractivity contribution in [3.05, 3.63) is 24.3 Å². The molecular formula is C27H36N4O13. The monoisotopic (exact) mass is 624 g/mol. The van der Waals surface area contributed by atoms with E-state index in [0.717, 1.165) is 44.0 Å². The minimum absolute atomic E-state index is 0.114. The minimum atomic E-state index is -1.72. The largest absolute Gasteiger partial charge is 0.497 e. The average Bonchev–Trinajstić information content (AvgIpc) is 2.96. The number of nitrogens with zero attached hydrogens (tertiary/aromatic N) is 4. The lowest BCUT2D eigenvalue weighted by molar-refractivity contribution is -0.195. The van der Waals surface area contributed by atoms with Gasteiger partial charge < -0.3 is 33.2 Å². The smallest absolute Gasteiger partial charge is 0.450 e. The normalized spacial score (nSPS) is 16.2. The Balaban J connectivity index is 2.82. The number of anilines is 1. The lowest BCUT2D eigenvalue weighted by Gasteiger charge is -2.46. The molecule has 17 nitrogen and oxygen atoms in total. The summed E-state index contributed by atoms with van der Waals surface area (Å²) in [5.74, 6) is -2.97. The Morgan fingerprint density at radius 3 is 1.84 bits per heavy atom. The minimum Gasteiger partial charge on any atom is -0.497 e. The van der Waals surface area contributed by atoms with Gasteiger partial charge in [0.25, 0.3) is 0 Å². The van der Waals surface area contributed by atoms with Crippen LogP contribution in [-0.2, 0) is 47.6 Å².